The maximum atomic E-state index is 13.2. The van der Waals surface area contributed by atoms with Crippen LogP contribution in [0.25, 0.3) is 6.08 Å². The third-order valence-corrected chi connectivity index (χ3v) is 5.13. The van der Waals surface area contributed by atoms with Crippen LogP contribution in [0.5, 0.6) is 11.5 Å². The Bertz CT molecular complexity index is 936. The van der Waals surface area contributed by atoms with Gasteiger partial charge >= 0.3 is 0 Å². The van der Waals surface area contributed by atoms with E-state index in [-0.39, 0.29) is 17.9 Å². The van der Waals surface area contributed by atoms with Crippen LogP contribution < -0.4 is 14.8 Å². The molecule has 1 saturated heterocycles. The van der Waals surface area contributed by atoms with E-state index in [1.165, 1.54) is 0 Å². The normalized spacial score (nSPS) is 18.9. The second-order valence-electron chi connectivity index (χ2n) is 6.90. The van der Waals surface area contributed by atoms with Gasteiger partial charge in [0.2, 0.25) is 5.91 Å². The molecule has 144 valence electrons. The van der Waals surface area contributed by atoms with Crippen molar-refractivity contribution in [3.8, 4) is 11.5 Å². The van der Waals surface area contributed by atoms with Crippen LogP contribution in [0.3, 0.4) is 0 Å². The maximum Gasteiger partial charge on any atom is 0.251 e. The van der Waals surface area contributed by atoms with Crippen molar-refractivity contribution in [2.75, 3.05) is 19.0 Å². The first kappa shape index (κ1) is 18.1. The van der Waals surface area contributed by atoms with Crippen molar-refractivity contribution >= 4 is 23.6 Å². The van der Waals surface area contributed by atoms with E-state index in [1.807, 2.05) is 37.3 Å². The van der Waals surface area contributed by atoms with Gasteiger partial charge in [0.05, 0.1) is 7.11 Å². The number of hydrogen-bond acceptors (Lipinski definition) is 4. The number of carbonyl (C=O) groups is 2. The molecular formula is C22H22N2O4. The number of para-hydroxylation sites is 1. The van der Waals surface area contributed by atoms with Gasteiger partial charge in [0.1, 0.15) is 23.6 Å². The third-order valence-electron chi connectivity index (χ3n) is 5.13. The Kier molecular flexibility index (Phi) is 4.77. The van der Waals surface area contributed by atoms with Crippen LogP contribution in [-0.4, -0.2) is 42.5 Å². The molecular weight excluding hydrogens is 356 g/mol. The second-order valence-corrected chi connectivity index (χ2v) is 6.90. The molecule has 0 spiro atoms. The van der Waals surface area contributed by atoms with Crippen LogP contribution >= 0.6 is 0 Å². The topological polar surface area (TPSA) is 67.9 Å². The van der Waals surface area contributed by atoms with Gasteiger partial charge in [-0.15, -0.1) is 0 Å². The van der Waals surface area contributed by atoms with Gasteiger partial charge in [-0.3, -0.25) is 9.59 Å². The molecule has 2 aromatic rings. The second kappa shape index (κ2) is 7.38. The van der Waals surface area contributed by atoms with Gasteiger partial charge in [0, 0.05) is 29.8 Å². The molecule has 2 heterocycles. The minimum Gasteiger partial charge on any atom is -0.497 e. The Hall–Kier alpha value is -3.28. The Morgan fingerprint density at radius 1 is 1.21 bits per heavy atom. The summed E-state index contributed by atoms with van der Waals surface area (Å²) in [5, 5.41) is 2.92. The summed E-state index contributed by atoms with van der Waals surface area (Å²) < 4.78 is 11.2. The number of carbonyl (C=O) groups excluding carboxylic acids is 2. The van der Waals surface area contributed by atoms with Gasteiger partial charge in [-0.2, -0.15) is 0 Å². The number of likely N-dealkylation sites (tertiary alicyclic amines) is 1. The van der Waals surface area contributed by atoms with E-state index in [0.29, 0.717) is 24.4 Å². The fraction of sp³-hybridized carbons (Fsp3) is 0.273. The number of hydrogen-bond donors (Lipinski definition) is 1. The number of anilines is 1. The van der Waals surface area contributed by atoms with Crippen molar-refractivity contribution in [1.29, 1.82) is 0 Å². The third kappa shape index (κ3) is 3.33. The zero-order chi connectivity index (χ0) is 19.7. The molecule has 1 N–H and O–H groups in total. The Morgan fingerprint density at radius 3 is 2.61 bits per heavy atom. The van der Waals surface area contributed by atoms with Crippen molar-refractivity contribution < 1.29 is 19.1 Å². The Morgan fingerprint density at radius 2 is 1.96 bits per heavy atom. The van der Waals surface area contributed by atoms with Gasteiger partial charge in [0.25, 0.3) is 5.91 Å². The van der Waals surface area contributed by atoms with Crippen LogP contribution in [0.4, 0.5) is 5.69 Å². The molecule has 2 aliphatic rings. The zero-order valence-electron chi connectivity index (χ0n) is 15.8. The van der Waals surface area contributed by atoms with Gasteiger partial charge in [-0.05, 0) is 43.3 Å². The quantitative estimate of drug-likeness (QED) is 0.812. The number of ether oxygens (including phenoxy) is 2. The molecule has 0 bridgehead atoms. The molecule has 2 aromatic carbocycles. The van der Waals surface area contributed by atoms with Crippen molar-refractivity contribution in [2.24, 2.45) is 0 Å². The van der Waals surface area contributed by atoms with E-state index in [2.05, 4.69) is 5.32 Å². The van der Waals surface area contributed by atoms with E-state index < -0.39 is 6.04 Å². The number of amides is 2. The number of rotatable bonds is 5. The minimum atomic E-state index is -0.702. The average molecular weight is 378 g/mol. The number of nitrogens with zero attached hydrogens (tertiary/aromatic N) is 1. The first-order valence-corrected chi connectivity index (χ1v) is 9.28. The fourth-order valence-electron chi connectivity index (χ4n) is 3.53. The summed E-state index contributed by atoms with van der Waals surface area (Å²) in [5.41, 5.74) is 2.33. The Balaban J connectivity index is 1.64. The molecule has 0 radical (unpaired) electrons. The molecule has 2 atom stereocenters. The lowest BCUT2D eigenvalue weighted by molar-refractivity contribution is -0.146. The number of fused-ring (bicyclic) bond motifs is 1. The van der Waals surface area contributed by atoms with Crippen LogP contribution in [0, 0.1) is 0 Å². The summed E-state index contributed by atoms with van der Waals surface area (Å²) in [6, 6.07) is 14.1. The molecule has 0 aromatic heterocycles. The van der Waals surface area contributed by atoms with Crippen molar-refractivity contribution in [3.63, 3.8) is 0 Å². The molecule has 2 amide bonds. The number of nitrogens with one attached hydrogen (secondary N) is 1. The highest BCUT2D eigenvalue weighted by molar-refractivity contribution is 6.01. The van der Waals surface area contributed by atoms with E-state index in [1.54, 1.807) is 36.3 Å². The molecule has 0 aliphatic carbocycles. The number of β-lactam (4-membered cyclic amide) rings is 1. The van der Waals surface area contributed by atoms with Crippen molar-refractivity contribution in [3.05, 3.63) is 59.7 Å². The van der Waals surface area contributed by atoms with Gasteiger partial charge in [0.15, 0.2) is 0 Å². The van der Waals surface area contributed by atoms with Crippen LogP contribution in [-0.2, 0) is 9.59 Å². The molecule has 6 nitrogen and oxygen atoms in total. The SMILES string of the molecule is COc1ccc(NC(=O)[C@@H](C2=Cc3ccccc3O[C@@H]2C)N2CCC2=O)cc1. The van der Waals surface area contributed by atoms with Crippen LogP contribution in [0.2, 0.25) is 0 Å². The smallest absolute Gasteiger partial charge is 0.251 e. The first-order chi connectivity index (χ1) is 13.6. The van der Waals surface area contributed by atoms with Gasteiger partial charge < -0.3 is 19.7 Å². The summed E-state index contributed by atoms with van der Waals surface area (Å²) in [4.78, 5) is 26.9. The average Bonchev–Trinajstić information content (AvgIpc) is 2.71. The molecule has 1 fully saturated rings. The Labute approximate surface area is 163 Å². The maximum absolute atomic E-state index is 13.2. The zero-order valence-corrected chi connectivity index (χ0v) is 15.8. The summed E-state index contributed by atoms with van der Waals surface area (Å²) in [7, 11) is 1.59. The lowest BCUT2D eigenvalue weighted by Crippen LogP contribution is -2.57. The summed E-state index contributed by atoms with van der Waals surface area (Å²) >= 11 is 0. The van der Waals surface area contributed by atoms with Crippen molar-refractivity contribution in [1.82, 2.24) is 4.90 Å². The molecule has 28 heavy (non-hydrogen) atoms. The molecule has 0 saturated carbocycles. The lowest BCUT2D eigenvalue weighted by atomic mass is 9.92. The fourth-order valence-corrected chi connectivity index (χ4v) is 3.53. The van der Waals surface area contributed by atoms with Crippen LogP contribution in [0.1, 0.15) is 18.9 Å². The summed E-state index contributed by atoms with van der Waals surface area (Å²) in [5.74, 6) is 1.21. The lowest BCUT2D eigenvalue weighted by Gasteiger charge is -2.40. The largest absolute Gasteiger partial charge is 0.497 e. The van der Waals surface area contributed by atoms with Gasteiger partial charge in [-0.25, -0.2) is 0 Å². The molecule has 2 aliphatic heterocycles. The molecule has 0 unspecified atom stereocenters. The number of benzene rings is 2. The highest BCUT2D eigenvalue weighted by atomic mass is 16.5. The molecule has 4 rings (SSSR count). The van der Waals surface area contributed by atoms with Crippen molar-refractivity contribution in [2.45, 2.75) is 25.5 Å². The summed E-state index contributed by atoms with van der Waals surface area (Å²) in [6.45, 7) is 2.46. The van der Waals surface area contributed by atoms with E-state index in [0.717, 1.165) is 16.9 Å². The van der Waals surface area contributed by atoms with E-state index in [9.17, 15) is 9.59 Å². The first-order valence-electron chi connectivity index (χ1n) is 9.28. The van der Waals surface area contributed by atoms with Crippen LogP contribution in [0.15, 0.2) is 54.1 Å². The highest BCUT2D eigenvalue weighted by Gasteiger charge is 2.41. The van der Waals surface area contributed by atoms with E-state index in [4.69, 9.17) is 9.47 Å². The van der Waals surface area contributed by atoms with Gasteiger partial charge in [-0.1, -0.05) is 18.2 Å². The minimum absolute atomic E-state index is 0.0261. The standard InChI is InChI=1S/C22H22N2O4/c1-14-18(13-15-5-3-4-6-19(15)28-14)21(24-12-11-20(24)25)22(26)23-16-7-9-17(27-2)10-8-16/h3-10,13-14,21H,11-12H2,1-2H3,(H,23,26)/t14-,21-/m1/s1. The predicted octanol–water partition coefficient (Wildman–Crippen LogP) is 3.10. The molecule has 6 heteroatoms. The number of methoxy groups -OCH3 is 1. The van der Waals surface area contributed by atoms with E-state index >= 15 is 0 Å². The predicted molar refractivity (Wildman–Crippen MR) is 106 cm³/mol. The monoisotopic (exact) mass is 378 g/mol. The highest BCUT2D eigenvalue weighted by Crippen LogP contribution is 2.34. The summed E-state index contributed by atoms with van der Waals surface area (Å²) in [6.07, 6.45) is 2.12.